The Morgan fingerprint density at radius 3 is 2.97 bits per heavy atom. The summed E-state index contributed by atoms with van der Waals surface area (Å²) in [5, 5.41) is 11.9. The molecule has 1 unspecified atom stereocenters. The quantitative estimate of drug-likeness (QED) is 0.433. The van der Waals surface area contributed by atoms with Gasteiger partial charge in [-0.15, -0.1) is 0 Å². The number of H-pyrrole nitrogens is 2. The highest BCUT2D eigenvalue weighted by Crippen LogP contribution is 2.31. The molecule has 0 amide bonds. The number of hydrogen-bond acceptors (Lipinski definition) is 5. The van der Waals surface area contributed by atoms with Crippen molar-refractivity contribution in [3.05, 3.63) is 66.7 Å². The van der Waals surface area contributed by atoms with Crippen LogP contribution in [0.3, 0.4) is 0 Å². The molecule has 5 aromatic heterocycles. The Morgan fingerprint density at radius 2 is 2.13 bits per heavy atom. The molecule has 0 spiro atoms. The molecule has 6 rings (SSSR count). The maximum atomic E-state index is 4.96. The standard InChI is InChI=1S/C22H20N8/c1-13-11-30(12-25-13)19-6-9-24-22-15(19)10-18(27-22)21-20-17(28-29-21)3-2-16(26-20)14-4-7-23-8-5-14/h2-4,6-7,9-12,14,23H,5,8H2,1H3,(H,24,27)(H,28,29). The smallest absolute Gasteiger partial charge is 0.139 e. The average Bonchev–Trinajstić information content (AvgIpc) is 3.51. The monoisotopic (exact) mass is 396 g/mol. The van der Waals surface area contributed by atoms with Crippen LogP contribution in [0.1, 0.15) is 23.7 Å². The van der Waals surface area contributed by atoms with Gasteiger partial charge in [0, 0.05) is 35.9 Å². The molecule has 1 aliphatic heterocycles. The summed E-state index contributed by atoms with van der Waals surface area (Å²) in [4.78, 5) is 17.2. The highest BCUT2D eigenvalue weighted by Gasteiger charge is 2.18. The number of nitrogens with zero attached hydrogens (tertiary/aromatic N) is 5. The van der Waals surface area contributed by atoms with Crippen molar-refractivity contribution in [3.63, 3.8) is 0 Å². The molecule has 8 heteroatoms. The van der Waals surface area contributed by atoms with Crippen LogP contribution in [0.2, 0.25) is 0 Å². The minimum absolute atomic E-state index is 0.318. The number of pyridine rings is 2. The van der Waals surface area contributed by atoms with Crippen LogP contribution in [0.5, 0.6) is 0 Å². The van der Waals surface area contributed by atoms with Crippen LogP contribution < -0.4 is 5.32 Å². The Labute approximate surface area is 172 Å². The molecule has 8 nitrogen and oxygen atoms in total. The average molecular weight is 396 g/mol. The van der Waals surface area contributed by atoms with Crippen LogP contribution in [0.25, 0.3) is 39.1 Å². The van der Waals surface area contributed by atoms with E-state index in [4.69, 9.17) is 4.98 Å². The number of allylic oxidation sites excluding steroid dienone is 1. The first-order chi connectivity index (χ1) is 14.8. The second kappa shape index (κ2) is 6.55. The van der Waals surface area contributed by atoms with Crippen molar-refractivity contribution < 1.29 is 0 Å². The Hall–Kier alpha value is -3.94. The summed E-state index contributed by atoms with van der Waals surface area (Å²) >= 11 is 0. The molecule has 1 atom stereocenters. The summed E-state index contributed by atoms with van der Waals surface area (Å²) in [5.74, 6) is 0.318. The van der Waals surface area contributed by atoms with E-state index in [1.54, 1.807) is 6.20 Å². The first kappa shape index (κ1) is 17.0. The van der Waals surface area contributed by atoms with Gasteiger partial charge in [0.1, 0.15) is 16.9 Å². The number of rotatable bonds is 3. The molecular formula is C22H20N8. The van der Waals surface area contributed by atoms with E-state index in [0.717, 1.165) is 63.5 Å². The highest BCUT2D eigenvalue weighted by molar-refractivity contribution is 5.95. The number of aromatic amines is 2. The maximum Gasteiger partial charge on any atom is 0.139 e. The lowest BCUT2D eigenvalue weighted by molar-refractivity contribution is 0.646. The van der Waals surface area contributed by atoms with E-state index in [1.165, 1.54) is 0 Å². The van der Waals surface area contributed by atoms with Crippen molar-refractivity contribution in [1.82, 2.24) is 40.0 Å². The van der Waals surface area contributed by atoms with Crippen molar-refractivity contribution in [2.45, 2.75) is 19.3 Å². The number of imidazole rings is 1. The van der Waals surface area contributed by atoms with Crippen LogP contribution in [-0.2, 0) is 0 Å². The van der Waals surface area contributed by atoms with E-state index in [-0.39, 0.29) is 0 Å². The summed E-state index contributed by atoms with van der Waals surface area (Å²) in [5.41, 5.74) is 7.34. The van der Waals surface area contributed by atoms with Crippen LogP contribution >= 0.6 is 0 Å². The minimum atomic E-state index is 0.318. The number of hydrogen-bond donors (Lipinski definition) is 3. The van der Waals surface area contributed by atoms with Gasteiger partial charge in [0.05, 0.1) is 28.9 Å². The number of fused-ring (bicyclic) bond motifs is 2. The Balaban J connectivity index is 1.48. The Bertz CT molecular complexity index is 1400. The zero-order valence-corrected chi connectivity index (χ0v) is 16.4. The predicted molar refractivity (Wildman–Crippen MR) is 115 cm³/mol. The van der Waals surface area contributed by atoms with E-state index in [1.807, 2.05) is 36.3 Å². The lowest BCUT2D eigenvalue weighted by Gasteiger charge is -2.16. The van der Waals surface area contributed by atoms with Gasteiger partial charge in [0.25, 0.3) is 0 Å². The molecule has 0 radical (unpaired) electrons. The second-order valence-corrected chi connectivity index (χ2v) is 7.61. The largest absolute Gasteiger partial charge is 0.391 e. The van der Waals surface area contributed by atoms with Gasteiger partial charge in [-0.05, 0) is 43.8 Å². The van der Waals surface area contributed by atoms with Crippen molar-refractivity contribution in [3.8, 4) is 17.1 Å². The van der Waals surface area contributed by atoms with Crippen LogP contribution in [0, 0.1) is 6.92 Å². The van der Waals surface area contributed by atoms with Crippen molar-refractivity contribution in [2.24, 2.45) is 0 Å². The first-order valence-electron chi connectivity index (χ1n) is 10.0. The molecule has 0 fully saturated rings. The normalized spacial score (nSPS) is 16.4. The number of aromatic nitrogens is 7. The number of nitrogens with one attached hydrogen (secondary N) is 3. The van der Waals surface area contributed by atoms with E-state index < -0.39 is 0 Å². The molecule has 0 saturated carbocycles. The third kappa shape index (κ3) is 2.68. The molecule has 0 bridgehead atoms. The van der Waals surface area contributed by atoms with Gasteiger partial charge in [0.15, 0.2) is 0 Å². The van der Waals surface area contributed by atoms with E-state index >= 15 is 0 Å². The summed E-state index contributed by atoms with van der Waals surface area (Å²) < 4.78 is 2.01. The fourth-order valence-corrected chi connectivity index (χ4v) is 4.08. The van der Waals surface area contributed by atoms with Crippen molar-refractivity contribution in [1.29, 1.82) is 0 Å². The van der Waals surface area contributed by atoms with Gasteiger partial charge in [-0.3, -0.25) is 5.10 Å². The lowest BCUT2D eigenvalue weighted by atomic mass is 9.98. The molecule has 0 aromatic carbocycles. The zero-order chi connectivity index (χ0) is 20.1. The van der Waals surface area contributed by atoms with Crippen LogP contribution in [0.4, 0.5) is 0 Å². The minimum Gasteiger partial charge on any atom is -0.391 e. The van der Waals surface area contributed by atoms with Gasteiger partial charge in [-0.25, -0.2) is 15.0 Å². The molecule has 5 aromatic rings. The lowest BCUT2D eigenvalue weighted by Crippen LogP contribution is -2.16. The second-order valence-electron chi connectivity index (χ2n) is 7.61. The van der Waals surface area contributed by atoms with Gasteiger partial charge in [-0.2, -0.15) is 5.10 Å². The molecule has 3 N–H and O–H groups in total. The topological polar surface area (TPSA) is 100 Å². The Kier molecular flexibility index (Phi) is 3.70. The summed E-state index contributed by atoms with van der Waals surface area (Å²) in [6.45, 7) is 2.94. The van der Waals surface area contributed by atoms with E-state index in [0.29, 0.717) is 5.92 Å². The first-order valence-corrected chi connectivity index (χ1v) is 10.0. The van der Waals surface area contributed by atoms with Crippen LogP contribution in [0.15, 0.2) is 55.3 Å². The summed E-state index contributed by atoms with van der Waals surface area (Å²) in [6, 6.07) is 8.21. The fourth-order valence-electron chi connectivity index (χ4n) is 4.08. The van der Waals surface area contributed by atoms with Gasteiger partial charge in [0.2, 0.25) is 0 Å². The third-order valence-corrected chi connectivity index (χ3v) is 5.61. The van der Waals surface area contributed by atoms with Gasteiger partial charge < -0.3 is 14.9 Å². The third-order valence-electron chi connectivity index (χ3n) is 5.61. The molecule has 148 valence electrons. The molecule has 0 saturated heterocycles. The summed E-state index contributed by atoms with van der Waals surface area (Å²) in [7, 11) is 0. The van der Waals surface area contributed by atoms with Gasteiger partial charge in [-0.1, -0.05) is 6.08 Å². The maximum absolute atomic E-state index is 4.96. The molecule has 6 heterocycles. The van der Waals surface area contributed by atoms with E-state index in [9.17, 15) is 0 Å². The van der Waals surface area contributed by atoms with E-state index in [2.05, 4.69) is 54.7 Å². The molecular weight excluding hydrogens is 376 g/mol. The fraction of sp³-hybridized carbons (Fsp3) is 0.182. The predicted octanol–water partition coefficient (Wildman–Crippen LogP) is 3.59. The SMILES string of the molecule is Cc1cn(-c2ccnc3[nH]c(-c4n[nH]c5ccc(C6C=CNCC6)nc45)cc23)cn1. The number of aryl methyl sites for hydroxylation is 1. The molecule has 30 heavy (non-hydrogen) atoms. The molecule has 0 aliphatic carbocycles. The van der Waals surface area contributed by atoms with Crippen LogP contribution in [-0.4, -0.2) is 41.2 Å². The molecule has 1 aliphatic rings. The van der Waals surface area contributed by atoms with Crippen molar-refractivity contribution in [2.75, 3.05) is 6.54 Å². The summed E-state index contributed by atoms with van der Waals surface area (Å²) in [6.07, 6.45) is 10.8. The zero-order valence-electron chi connectivity index (χ0n) is 16.4. The Morgan fingerprint density at radius 1 is 1.17 bits per heavy atom. The van der Waals surface area contributed by atoms with Gasteiger partial charge >= 0.3 is 0 Å². The van der Waals surface area contributed by atoms with Crippen molar-refractivity contribution >= 4 is 22.1 Å². The highest BCUT2D eigenvalue weighted by atomic mass is 15.1.